The Morgan fingerprint density at radius 3 is 2.88 bits per heavy atom. The largest absolute Gasteiger partial charge is 0.330 e. The maximum absolute atomic E-state index is 12.6. The van der Waals surface area contributed by atoms with Crippen molar-refractivity contribution in [1.29, 1.82) is 0 Å². The van der Waals surface area contributed by atoms with Crippen LogP contribution in [0.1, 0.15) is 16.3 Å². The number of hydrogen-bond acceptors (Lipinski definition) is 4. The Morgan fingerprint density at radius 1 is 1.31 bits per heavy atom. The highest BCUT2D eigenvalue weighted by Crippen LogP contribution is 2.22. The van der Waals surface area contributed by atoms with Crippen LogP contribution in [0.4, 0.5) is 5.69 Å². The lowest BCUT2D eigenvalue weighted by molar-refractivity contribution is -0.127. The van der Waals surface area contributed by atoms with Crippen molar-refractivity contribution in [3.05, 3.63) is 59.2 Å². The number of imidazole rings is 1. The summed E-state index contributed by atoms with van der Waals surface area (Å²) in [4.78, 5) is 30.8. The van der Waals surface area contributed by atoms with Gasteiger partial charge in [0, 0.05) is 25.7 Å². The van der Waals surface area contributed by atoms with Gasteiger partial charge in [-0.25, -0.2) is 4.98 Å². The van der Waals surface area contributed by atoms with Gasteiger partial charge in [0.1, 0.15) is 11.5 Å². The zero-order valence-corrected chi connectivity index (χ0v) is 15.2. The van der Waals surface area contributed by atoms with Crippen LogP contribution in [0.3, 0.4) is 0 Å². The van der Waals surface area contributed by atoms with Gasteiger partial charge in [-0.15, -0.1) is 0 Å². The summed E-state index contributed by atoms with van der Waals surface area (Å²) in [5, 5.41) is 6.23. The highest BCUT2D eigenvalue weighted by Gasteiger charge is 2.24. The van der Waals surface area contributed by atoms with Crippen molar-refractivity contribution < 1.29 is 9.59 Å². The smallest absolute Gasteiger partial charge is 0.273 e. The van der Waals surface area contributed by atoms with Gasteiger partial charge in [0.05, 0.1) is 23.5 Å². The van der Waals surface area contributed by atoms with E-state index < -0.39 is 0 Å². The molecule has 2 aromatic rings. The second-order valence-electron chi connectivity index (χ2n) is 5.87. The molecular weight excluding hydrogens is 354 g/mol. The first-order valence-electron chi connectivity index (χ1n) is 8.30. The Morgan fingerprint density at radius 2 is 2.12 bits per heavy atom. The van der Waals surface area contributed by atoms with Crippen LogP contribution >= 0.6 is 11.6 Å². The van der Waals surface area contributed by atoms with Crippen LogP contribution in [-0.4, -0.2) is 46.4 Å². The van der Waals surface area contributed by atoms with Crippen LogP contribution in [0.25, 0.3) is 0 Å². The molecule has 0 atom stereocenters. The molecule has 0 aliphatic carbocycles. The van der Waals surface area contributed by atoms with E-state index in [1.165, 1.54) is 6.20 Å². The molecule has 0 unspecified atom stereocenters. The third-order valence-electron chi connectivity index (χ3n) is 4.11. The minimum Gasteiger partial charge on any atom is -0.330 e. The predicted molar refractivity (Wildman–Crippen MR) is 100 cm³/mol. The molecule has 0 saturated heterocycles. The van der Waals surface area contributed by atoms with Gasteiger partial charge in [0.15, 0.2) is 0 Å². The van der Waals surface area contributed by atoms with E-state index in [-0.39, 0.29) is 11.8 Å². The molecule has 2 N–H and O–H groups in total. The van der Waals surface area contributed by atoms with E-state index in [9.17, 15) is 9.59 Å². The normalized spacial score (nSPS) is 13.7. The molecule has 7 nitrogen and oxygen atoms in total. The van der Waals surface area contributed by atoms with Crippen molar-refractivity contribution in [2.75, 3.05) is 25.5 Å². The van der Waals surface area contributed by atoms with Crippen LogP contribution in [0.2, 0.25) is 5.02 Å². The zero-order valence-electron chi connectivity index (χ0n) is 14.4. The summed E-state index contributed by atoms with van der Waals surface area (Å²) >= 11 is 6.09. The van der Waals surface area contributed by atoms with Gasteiger partial charge in [-0.05, 0) is 19.2 Å². The molecule has 3 rings (SSSR count). The molecular formula is C18H20ClN5O2. The van der Waals surface area contributed by atoms with Crippen LogP contribution < -0.4 is 10.6 Å². The first kappa shape index (κ1) is 18.2. The zero-order chi connectivity index (χ0) is 18.5. The molecule has 136 valence electrons. The van der Waals surface area contributed by atoms with Crippen molar-refractivity contribution in [3.8, 4) is 0 Å². The maximum Gasteiger partial charge on any atom is 0.273 e. The predicted octanol–water partition coefficient (Wildman–Crippen LogP) is 1.91. The molecule has 1 aliphatic heterocycles. The van der Waals surface area contributed by atoms with Gasteiger partial charge in [0.2, 0.25) is 5.91 Å². The SMILES string of the molecule is CNC/C=C/C(=O)N1CCn2c(C(=O)Nc3ccccc3Cl)cnc2C1. The number of benzene rings is 1. The first-order chi connectivity index (χ1) is 12.6. The van der Waals surface area contributed by atoms with Gasteiger partial charge in [-0.1, -0.05) is 29.8 Å². The Labute approximate surface area is 156 Å². The topological polar surface area (TPSA) is 79.3 Å². The number of likely N-dealkylation sites (N-methyl/N-ethyl adjacent to an activating group) is 1. The molecule has 0 radical (unpaired) electrons. The van der Waals surface area contributed by atoms with Crippen LogP contribution in [0, 0.1) is 0 Å². The van der Waals surface area contributed by atoms with Crippen molar-refractivity contribution in [2.24, 2.45) is 0 Å². The van der Waals surface area contributed by atoms with Gasteiger partial charge < -0.3 is 20.1 Å². The van der Waals surface area contributed by atoms with Crippen molar-refractivity contribution in [1.82, 2.24) is 19.8 Å². The van der Waals surface area contributed by atoms with E-state index in [0.29, 0.717) is 48.4 Å². The number of nitrogens with one attached hydrogen (secondary N) is 2. The summed E-state index contributed by atoms with van der Waals surface area (Å²) in [5.74, 6) is 0.359. The van der Waals surface area contributed by atoms with Crippen LogP contribution in [0.5, 0.6) is 0 Å². The molecule has 0 bridgehead atoms. The first-order valence-corrected chi connectivity index (χ1v) is 8.68. The molecule has 2 heterocycles. The number of anilines is 1. The third-order valence-corrected chi connectivity index (χ3v) is 4.44. The third kappa shape index (κ3) is 3.95. The Bertz CT molecular complexity index is 846. The highest BCUT2D eigenvalue weighted by molar-refractivity contribution is 6.33. The molecule has 8 heteroatoms. The number of fused-ring (bicyclic) bond motifs is 1. The lowest BCUT2D eigenvalue weighted by Crippen LogP contribution is -2.38. The summed E-state index contributed by atoms with van der Waals surface area (Å²) < 4.78 is 1.84. The van der Waals surface area contributed by atoms with E-state index in [4.69, 9.17) is 11.6 Å². The van der Waals surface area contributed by atoms with E-state index in [2.05, 4.69) is 15.6 Å². The number of rotatable bonds is 5. The number of para-hydroxylation sites is 1. The number of nitrogens with zero attached hydrogens (tertiary/aromatic N) is 3. The molecule has 0 saturated carbocycles. The fraction of sp³-hybridized carbons (Fsp3) is 0.278. The number of halogens is 1. The average molecular weight is 374 g/mol. The summed E-state index contributed by atoms with van der Waals surface area (Å²) in [6, 6.07) is 7.06. The summed E-state index contributed by atoms with van der Waals surface area (Å²) in [6.07, 6.45) is 4.87. The minimum atomic E-state index is -0.273. The van der Waals surface area contributed by atoms with E-state index >= 15 is 0 Å². The fourth-order valence-corrected chi connectivity index (χ4v) is 2.94. The second-order valence-corrected chi connectivity index (χ2v) is 6.27. The van der Waals surface area contributed by atoms with Gasteiger partial charge in [-0.3, -0.25) is 9.59 Å². The van der Waals surface area contributed by atoms with E-state index in [1.807, 2.05) is 11.6 Å². The summed E-state index contributed by atoms with van der Waals surface area (Å²) in [5.41, 5.74) is 1.01. The fourth-order valence-electron chi connectivity index (χ4n) is 2.76. The van der Waals surface area contributed by atoms with Crippen molar-refractivity contribution in [3.63, 3.8) is 0 Å². The van der Waals surface area contributed by atoms with Crippen LogP contribution in [-0.2, 0) is 17.9 Å². The number of carbonyl (C=O) groups excluding carboxylic acids is 2. The standard InChI is InChI=1S/C18H20ClN5O2/c1-20-8-4-7-17(25)23-9-10-24-15(11-21-16(24)12-23)18(26)22-14-6-3-2-5-13(14)19/h2-7,11,20H,8-10,12H2,1H3,(H,22,26)/b7-4+. The van der Waals surface area contributed by atoms with E-state index in [0.717, 1.165) is 0 Å². The maximum atomic E-state index is 12.6. The van der Waals surface area contributed by atoms with Gasteiger partial charge >= 0.3 is 0 Å². The average Bonchev–Trinajstić information content (AvgIpc) is 3.07. The molecule has 1 aromatic carbocycles. The number of hydrogen-bond donors (Lipinski definition) is 2. The number of carbonyl (C=O) groups is 2. The van der Waals surface area contributed by atoms with Crippen LogP contribution in [0.15, 0.2) is 42.6 Å². The molecule has 1 aliphatic rings. The molecule has 2 amide bonds. The van der Waals surface area contributed by atoms with Gasteiger partial charge in [-0.2, -0.15) is 0 Å². The number of aromatic nitrogens is 2. The minimum absolute atomic E-state index is 0.0587. The number of amides is 2. The van der Waals surface area contributed by atoms with Gasteiger partial charge in [0.25, 0.3) is 5.91 Å². The quantitative estimate of drug-likeness (QED) is 0.785. The molecule has 0 fully saturated rings. The second kappa shape index (κ2) is 8.16. The summed E-state index contributed by atoms with van der Waals surface area (Å²) in [7, 11) is 1.82. The molecule has 26 heavy (non-hydrogen) atoms. The Kier molecular flexibility index (Phi) is 5.70. The van der Waals surface area contributed by atoms with Crippen molar-refractivity contribution in [2.45, 2.75) is 13.1 Å². The highest BCUT2D eigenvalue weighted by atomic mass is 35.5. The lowest BCUT2D eigenvalue weighted by atomic mass is 10.3. The van der Waals surface area contributed by atoms with Crippen molar-refractivity contribution >= 4 is 29.1 Å². The molecule has 0 spiro atoms. The Hall–Kier alpha value is -2.64. The monoisotopic (exact) mass is 373 g/mol. The molecule has 1 aromatic heterocycles. The van der Waals surface area contributed by atoms with E-state index in [1.54, 1.807) is 41.3 Å². The summed E-state index contributed by atoms with van der Waals surface area (Å²) in [6.45, 7) is 2.06. The Balaban J connectivity index is 1.70. The lowest BCUT2D eigenvalue weighted by Gasteiger charge is -2.27.